The van der Waals surface area contributed by atoms with Gasteiger partial charge in [0.25, 0.3) is 0 Å². The van der Waals surface area contributed by atoms with Gasteiger partial charge in [0.2, 0.25) is 12.2 Å². The van der Waals surface area contributed by atoms with Crippen molar-refractivity contribution < 1.29 is 43.2 Å². The maximum atomic E-state index is 12.1. The number of hydrogen-bond acceptors (Lipinski definition) is 10. The Hall–Kier alpha value is -3.93. The first kappa shape index (κ1) is 30.6. The number of primary amides is 1. The zero-order valence-corrected chi connectivity index (χ0v) is 22.9. The summed E-state index contributed by atoms with van der Waals surface area (Å²) in [6.07, 6.45) is -4.39. The van der Waals surface area contributed by atoms with Crippen molar-refractivity contribution in [2.45, 2.75) is 65.3 Å². The van der Waals surface area contributed by atoms with Crippen molar-refractivity contribution in [3.8, 4) is 11.5 Å². The van der Waals surface area contributed by atoms with Gasteiger partial charge in [-0.25, -0.2) is 4.79 Å². The number of aliphatic hydroxyl groups is 2. The van der Waals surface area contributed by atoms with E-state index in [-0.39, 0.29) is 25.5 Å². The first-order valence-electron chi connectivity index (χ1n) is 12.7. The molecule has 0 radical (unpaired) electrons. The number of nitrogens with two attached hydrogens (primary N) is 1. The number of hydrogen-bond donors (Lipinski definition) is 3. The molecule has 4 atom stereocenters. The lowest BCUT2D eigenvalue weighted by Gasteiger charge is -2.37. The molecule has 0 unspecified atom stereocenters. The molecule has 4 N–H and O–H groups in total. The highest BCUT2D eigenvalue weighted by molar-refractivity contribution is 5.80. The van der Waals surface area contributed by atoms with Gasteiger partial charge in [-0.1, -0.05) is 30.3 Å². The first-order valence-corrected chi connectivity index (χ1v) is 12.7. The molecule has 11 heteroatoms. The predicted molar refractivity (Wildman–Crippen MR) is 144 cm³/mol. The summed E-state index contributed by atoms with van der Waals surface area (Å²) >= 11 is 0. The molecule has 1 aliphatic rings. The topological polar surface area (TPSA) is 168 Å². The quantitative estimate of drug-likeness (QED) is 0.290. The van der Waals surface area contributed by atoms with Crippen LogP contribution in [0.3, 0.4) is 0 Å². The fourth-order valence-corrected chi connectivity index (χ4v) is 3.66. The second-order valence-electron chi connectivity index (χ2n) is 10.3. The lowest BCUT2D eigenvalue weighted by atomic mass is 9.97. The smallest absolute Gasteiger partial charge is 0.336 e. The predicted octanol–water partition coefficient (Wildman–Crippen LogP) is 2.67. The van der Waals surface area contributed by atoms with Crippen LogP contribution in [0.25, 0.3) is 11.0 Å². The SMILES string of the molecule is CC(C)(C)C(=O)OC[C@H]1O[C@@H](Oc2cc3ccc(=O)oc3cc2OCc2ccccc2)C[C@@H](O)[C@@H]1O.CC(N)=O. The van der Waals surface area contributed by atoms with E-state index in [1.54, 1.807) is 39.0 Å². The number of benzene rings is 2. The van der Waals surface area contributed by atoms with Crippen molar-refractivity contribution >= 4 is 22.8 Å². The first-order chi connectivity index (χ1) is 18.8. The summed E-state index contributed by atoms with van der Waals surface area (Å²) in [5, 5.41) is 21.4. The Kier molecular flexibility index (Phi) is 10.3. The molecule has 2 aromatic carbocycles. The molecular formula is C29H35NO10. The van der Waals surface area contributed by atoms with E-state index in [0.29, 0.717) is 22.5 Å². The fraction of sp³-hybridized carbons (Fsp3) is 0.414. The molecule has 0 spiro atoms. The number of esters is 1. The van der Waals surface area contributed by atoms with Gasteiger partial charge in [-0.05, 0) is 38.5 Å². The summed E-state index contributed by atoms with van der Waals surface area (Å²) in [4.78, 5) is 33.1. The average Bonchev–Trinajstić information content (AvgIpc) is 2.88. The molecule has 40 heavy (non-hydrogen) atoms. The van der Waals surface area contributed by atoms with Crippen molar-refractivity contribution in [3.05, 3.63) is 70.6 Å². The van der Waals surface area contributed by atoms with E-state index in [4.69, 9.17) is 23.4 Å². The molecule has 4 rings (SSSR count). The number of carbonyl (C=O) groups is 2. The second-order valence-corrected chi connectivity index (χ2v) is 10.3. The van der Waals surface area contributed by atoms with Crippen molar-refractivity contribution in [2.75, 3.05) is 6.61 Å². The zero-order chi connectivity index (χ0) is 29.4. The number of rotatable bonds is 7. The van der Waals surface area contributed by atoms with E-state index in [2.05, 4.69) is 5.73 Å². The Morgan fingerprint density at radius 3 is 2.38 bits per heavy atom. The third-order valence-corrected chi connectivity index (χ3v) is 5.71. The Morgan fingerprint density at radius 2 is 1.73 bits per heavy atom. The number of amides is 1. The molecule has 0 aliphatic carbocycles. The van der Waals surface area contributed by atoms with Crippen LogP contribution in [0.4, 0.5) is 0 Å². The Labute approximate surface area is 231 Å². The van der Waals surface area contributed by atoms with Gasteiger partial charge in [0.15, 0.2) is 11.5 Å². The standard InChI is InChI=1S/C27H30O9.C2H5NO/c1-27(2,3)26(31)33-15-22-25(30)18(28)12-24(36-22)35-21-11-17-9-10-23(29)34-19(17)13-20(21)32-14-16-7-5-4-6-8-16;1-2(3)4/h4-11,13,18,22,24-25,28,30H,12,14-15H2,1-3H3;1H3,(H2,3,4)/t18-,22-,24-,25+;/m1./s1. The van der Waals surface area contributed by atoms with Crippen LogP contribution < -0.4 is 20.8 Å². The normalized spacial score (nSPS) is 20.6. The van der Waals surface area contributed by atoms with Gasteiger partial charge in [-0.3, -0.25) is 9.59 Å². The van der Waals surface area contributed by atoms with Crippen molar-refractivity contribution in [2.24, 2.45) is 11.1 Å². The van der Waals surface area contributed by atoms with Gasteiger partial charge in [-0.2, -0.15) is 0 Å². The molecule has 1 aromatic heterocycles. The van der Waals surface area contributed by atoms with E-state index in [0.717, 1.165) is 5.56 Å². The average molecular weight is 558 g/mol. The largest absolute Gasteiger partial charge is 0.485 e. The molecule has 1 amide bonds. The summed E-state index contributed by atoms with van der Waals surface area (Å²) < 4.78 is 28.5. The maximum absolute atomic E-state index is 12.1. The molecule has 216 valence electrons. The summed E-state index contributed by atoms with van der Waals surface area (Å²) in [6.45, 7) is 6.44. The minimum absolute atomic E-state index is 0.0229. The summed E-state index contributed by atoms with van der Waals surface area (Å²) in [6, 6.07) is 15.6. The third kappa shape index (κ3) is 8.80. The number of aliphatic hydroxyl groups excluding tert-OH is 2. The molecule has 3 aromatic rings. The van der Waals surface area contributed by atoms with Gasteiger partial charge >= 0.3 is 11.6 Å². The van der Waals surface area contributed by atoms with Gasteiger partial charge in [0.05, 0.1) is 11.5 Å². The van der Waals surface area contributed by atoms with Gasteiger partial charge in [0.1, 0.15) is 31.0 Å². The van der Waals surface area contributed by atoms with Crippen LogP contribution in [0, 0.1) is 5.41 Å². The minimum atomic E-state index is -1.25. The van der Waals surface area contributed by atoms with Crippen molar-refractivity contribution in [3.63, 3.8) is 0 Å². The van der Waals surface area contributed by atoms with Crippen LogP contribution in [-0.4, -0.2) is 53.3 Å². The summed E-state index contributed by atoms with van der Waals surface area (Å²) in [5.74, 6) is -0.185. The van der Waals surface area contributed by atoms with E-state index in [1.807, 2.05) is 30.3 Å². The van der Waals surface area contributed by atoms with Gasteiger partial charge in [-0.15, -0.1) is 0 Å². The Bertz CT molecular complexity index is 1340. The van der Waals surface area contributed by atoms with Crippen molar-refractivity contribution in [1.29, 1.82) is 0 Å². The van der Waals surface area contributed by atoms with E-state index in [1.165, 1.54) is 13.0 Å². The number of carbonyl (C=O) groups excluding carboxylic acids is 2. The van der Waals surface area contributed by atoms with E-state index in [9.17, 15) is 24.6 Å². The molecule has 1 aliphatic heterocycles. The maximum Gasteiger partial charge on any atom is 0.336 e. The highest BCUT2D eigenvalue weighted by Gasteiger charge is 2.39. The van der Waals surface area contributed by atoms with Crippen LogP contribution in [-0.2, 0) is 25.7 Å². The lowest BCUT2D eigenvalue weighted by Crippen LogP contribution is -2.52. The zero-order valence-electron chi connectivity index (χ0n) is 22.9. The van der Waals surface area contributed by atoms with Crippen LogP contribution in [0.5, 0.6) is 11.5 Å². The number of ether oxygens (including phenoxy) is 4. The Balaban J connectivity index is 0.00000103. The number of fused-ring (bicyclic) bond motifs is 1. The van der Waals surface area contributed by atoms with Crippen LogP contribution in [0.2, 0.25) is 0 Å². The van der Waals surface area contributed by atoms with Gasteiger partial charge < -0.3 is 39.3 Å². The highest BCUT2D eigenvalue weighted by Crippen LogP contribution is 2.35. The summed E-state index contributed by atoms with van der Waals surface area (Å²) in [7, 11) is 0. The fourth-order valence-electron chi connectivity index (χ4n) is 3.66. The van der Waals surface area contributed by atoms with Crippen LogP contribution in [0.15, 0.2) is 63.8 Å². The highest BCUT2D eigenvalue weighted by atomic mass is 16.7. The molecule has 1 saturated heterocycles. The van der Waals surface area contributed by atoms with Crippen molar-refractivity contribution in [1.82, 2.24) is 0 Å². The molecular weight excluding hydrogens is 522 g/mol. The van der Waals surface area contributed by atoms with Crippen LogP contribution in [0.1, 0.15) is 39.7 Å². The molecule has 0 bridgehead atoms. The van der Waals surface area contributed by atoms with E-state index < -0.39 is 41.6 Å². The lowest BCUT2D eigenvalue weighted by molar-refractivity contribution is -0.234. The molecule has 11 nitrogen and oxygen atoms in total. The summed E-state index contributed by atoms with van der Waals surface area (Å²) in [5.41, 5.74) is 4.50. The monoisotopic (exact) mass is 557 g/mol. The van der Waals surface area contributed by atoms with Crippen LogP contribution >= 0.6 is 0 Å². The molecule has 0 saturated carbocycles. The Morgan fingerprint density at radius 1 is 1.05 bits per heavy atom. The second kappa shape index (κ2) is 13.4. The third-order valence-electron chi connectivity index (χ3n) is 5.71. The molecule has 1 fully saturated rings. The van der Waals surface area contributed by atoms with E-state index >= 15 is 0 Å². The molecule has 2 heterocycles. The van der Waals surface area contributed by atoms with Gasteiger partial charge in [0, 0.05) is 30.9 Å². The minimum Gasteiger partial charge on any atom is -0.485 e.